The zero-order valence-corrected chi connectivity index (χ0v) is 4.70. The maximum absolute atomic E-state index is 5.18. The molecule has 0 N–H and O–H groups in total. The van der Waals surface area contributed by atoms with Crippen LogP contribution in [0.4, 0.5) is 0 Å². The fourth-order valence-corrected chi connectivity index (χ4v) is 0.993. The Morgan fingerprint density at radius 1 is 1.50 bits per heavy atom. The molecule has 2 heteroatoms. The van der Waals surface area contributed by atoms with Crippen LogP contribution in [0, 0.1) is 0 Å². The van der Waals surface area contributed by atoms with Gasteiger partial charge in [0, 0.05) is 0 Å². The molecule has 0 bridgehead atoms. The van der Waals surface area contributed by atoms with Crippen LogP contribution in [0.2, 0.25) is 0 Å². The van der Waals surface area contributed by atoms with Crippen LogP contribution < -0.4 is 0 Å². The fraction of sp³-hybridized carbons (Fsp3) is 0.667. The number of ether oxygens (including phenoxy) is 2. The summed E-state index contributed by atoms with van der Waals surface area (Å²) in [5.41, 5.74) is 0. The lowest BCUT2D eigenvalue weighted by molar-refractivity contribution is 0.127. The van der Waals surface area contributed by atoms with Gasteiger partial charge in [0.25, 0.3) is 0 Å². The van der Waals surface area contributed by atoms with E-state index < -0.39 is 0 Å². The van der Waals surface area contributed by atoms with E-state index in [1.165, 1.54) is 0 Å². The topological polar surface area (TPSA) is 21.8 Å². The van der Waals surface area contributed by atoms with E-state index in [2.05, 4.69) is 0 Å². The molecule has 1 saturated heterocycles. The molecule has 0 aromatic rings. The smallest absolute Gasteiger partial charge is 0.125 e. The molecule has 2 aliphatic heterocycles. The van der Waals surface area contributed by atoms with Crippen molar-refractivity contribution in [2.75, 3.05) is 0 Å². The highest BCUT2D eigenvalue weighted by atomic mass is 16.6. The average Bonchev–Trinajstić information content (AvgIpc) is 2.45. The molecule has 44 valence electrons. The molecule has 0 aromatic carbocycles. The van der Waals surface area contributed by atoms with E-state index in [9.17, 15) is 0 Å². The van der Waals surface area contributed by atoms with Crippen LogP contribution in [0.25, 0.3) is 0 Å². The van der Waals surface area contributed by atoms with Crippen molar-refractivity contribution in [2.24, 2.45) is 0 Å². The molecule has 8 heavy (non-hydrogen) atoms. The normalized spacial score (nSPS) is 49.9. The van der Waals surface area contributed by atoms with Crippen molar-refractivity contribution in [3.63, 3.8) is 0 Å². The fourth-order valence-electron chi connectivity index (χ4n) is 0.993. The third kappa shape index (κ3) is 0.464. The Kier molecular flexibility index (Phi) is 0.690. The summed E-state index contributed by atoms with van der Waals surface area (Å²) in [5.74, 6) is 0. The van der Waals surface area contributed by atoms with Crippen LogP contribution in [0.3, 0.4) is 0 Å². The number of hydrogen-bond donors (Lipinski definition) is 0. The molecular weight excluding hydrogens is 104 g/mol. The summed E-state index contributed by atoms with van der Waals surface area (Å²) >= 11 is 0. The van der Waals surface area contributed by atoms with Gasteiger partial charge in [-0.2, -0.15) is 0 Å². The molecule has 0 amide bonds. The van der Waals surface area contributed by atoms with Gasteiger partial charge in [0.05, 0.1) is 6.26 Å². The van der Waals surface area contributed by atoms with Crippen LogP contribution in [-0.2, 0) is 9.47 Å². The summed E-state index contributed by atoms with van der Waals surface area (Å²) in [4.78, 5) is 0. The van der Waals surface area contributed by atoms with Gasteiger partial charge in [0.2, 0.25) is 0 Å². The second-order valence-electron chi connectivity index (χ2n) is 2.24. The average molecular weight is 112 g/mol. The zero-order valence-electron chi connectivity index (χ0n) is 4.70. The lowest BCUT2D eigenvalue weighted by Crippen LogP contribution is -2.17. The number of rotatable bonds is 0. The molecule has 0 spiro atoms. The van der Waals surface area contributed by atoms with Gasteiger partial charge >= 0.3 is 0 Å². The molecule has 1 fully saturated rings. The summed E-state index contributed by atoms with van der Waals surface area (Å²) in [6.45, 7) is 2.02. The first kappa shape index (κ1) is 4.39. The Hall–Kier alpha value is -0.500. The zero-order chi connectivity index (χ0) is 5.56. The van der Waals surface area contributed by atoms with Crippen molar-refractivity contribution in [2.45, 2.75) is 25.2 Å². The van der Waals surface area contributed by atoms with Crippen LogP contribution >= 0.6 is 0 Å². The quantitative estimate of drug-likeness (QED) is 0.430. The molecule has 0 radical (unpaired) electrons. The first-order chi connectivity index (χ1) is 3.88. The summed E-state index contributed by atoms with van der Waals surface area (Å²) in [6, 6.07) is 0. The van der Waals surface area contributed by atoms with Crippen molar-refractivity contribution in [1.82, 2.24) is 0 Å². The van der Waals surface area contributed by atoms with Gasteiger partial charge < -0.3 is 9.47 Å². The Bertz CT molecular complexity index is 130. The third-order valence-electron chi connectivity index (χ3n) is 1.59. The second-order valence-corrected chi connectivity index (χ2v) is 2.24. The maximum atomic E-state index is 5.18. The van der Waals surface area contributed by atoms with Gasteiger partial charge in [-0.1, -0.05) is 0 Å². The molecule has 2 rings (SSSR count). The summed E-state index contributed by atoms with van der Waals surface area (Å²) in [6.07, 6.45) is 4.67. The van der Waals surface area contributed by atoms with Gasteiger partial charge in [0.15, 0.2) is 0 Å². The van der Waals surface area contributed by atoms with E-state index >= 15 is 0 Å². The Morgan fingerprint density at radius 2 is 2.38 bits per heavy atom. The molecule has 2 heterocycles. The monoisotopic (exact) mass is 112 g/mol. The number of hydrogen-bond acceptors (Lipinski definition) is 2. The third-order valence-corrected chi connectivity index (χ3v) is 1.59. The van der Waals surface area contributed by atoms with Gasteiger partial charge in [-0.3, -0.25) is 0 Å². The van der Waals surface area contributed by atoms with Gasteiger partial charge in [-0.05, 0) is 13.0 Å². The van der Waals surface area contributed by atoms with E-state index in [0.717, 1.165) is 0 Å². The van der Waals surface area contributed by atoms with E-state index in [1.54, 1.807) is 6.26 Å². The van der Waals surface area contributed by atoms with Crippen molar-refractivity contribution in [3.8, 4) is 0 Å². The molecule has 2 nitrogen and oxygen atoms in total. The van der Waals surface area contributed by atoms with Crippen molar-refractivity contribution >= 4 is 0 Å². The van der Waals surface area contributed by atoms with Crippen LogP contribution in [0.1, 0.15) is 6.92 Å². The highest BCUT2D eigenvalue weighted by Gasteiger charge is 2.44. The standard InChI is InChI=1S/C6H8O2/c1-4-6-5(8-6)2-3-7-4/h2-6H,1H3/t4-,5-,6+/m1/s1. The molecular formula is C6H8O2. The molecule has 0 aliphatic carbocycles. The largest absolute Gasteiger partial charge is 0.496 e. The van der Waals surface area contributed by atoms with Crippen LogP contribution in [0.5, 0.6) is 0 Å². The van der Waals surface area contributed by atoms with Crippen LogP contribution in [-0.4, -0.2) is 18.3 Å². The minimum atomic E-state index is 0.269. The van der Waals surface area contributed by atoms with Crippen molar-refractivity contribution in [1.29, 1.82) is 0 Å². The first-order valence-electron chi connectivity index (χ1n) is 2.85. The predicted octanol–water partition coefficient (Wildman–Crippen LogP) is 0.686. The Balaban J connectivity index is 2.13. The van der Waals surface area contributed by atoms with Crippen LogP contribution in [0.15, 0.2) is 12.3 Å². The number of fused-ring (bicyclic) bond motifs is 1. The van der Waals surface area contributed by atoms with Gasteiger partial charge in [-0.25, -0.2) is 0 Å². The SMILES string of the molecule is C[C@H]1OC=C[C@H]2O[C@@H]12. The molecule has 2 aliphatic rings. The highest BCUT2D eigenvalue weighted by molar-refractivity contribution is 5.06. The first-order valence-corrected chi connectivity index (χ1v) is 2.85. The lowest BCUT2D eigenvalue weighted by atomic mass is 10.2. The second kappa shape index (κ2) is 1.26. The van der Waals surface area contributed by atoms with E-state index in [0.29, 0.717) is 12.2 Å². The molecule has 0 saturated carbocycles. The number of epoxide rings is 1. The predicted molar refractivity (Wildman–Crippen MR) is 28.3 cm³/mol. The van der Waals surface area contributed by atoms with E-state index in [1.807, 2.05) is 13.0 Å². The molecule has 0 aromatic heterocycles. The molecule has 0 unspecified atom stereocenters. The minimum absolute atomic E-state index is 0.269. The van der Waals surface area contributed by atoms with E-state index in [4.69, 9.17) is 9.47 Å². The van der Waals surface area contributed by atoms with E-state index in [-0.39, 0.29) is 6.10 Å². The van der Waals surface area contributed by atoms with Crippen molar-refractivity contribution < 1.29 is 9.47 Å². The van der Waals surface area contributed by atoms with Crippen molar-refractivity contribution in [3.05, 3.63) is 12.3 Å². The Morgan fingerprint density at radius 3 is 3.00 bits per heavy atom. The highest BCUT2D eigenvalue weighted by Crippen LogP contribution is 2.31. The summed E-state index contributed by atoms with van der Waals surface area (Å²) < 4.78 is 10.3. The van der Waals surface area contributed by atoms with Gasteiger partial charge in [0.1, 0.15) is 18.3 Å². The maximum Gasteiger partial charge on any atom is 0.125 e. The Labute approximate surface area is 48.1 Å². The summed E-state index contributed by atoms with van der Waals surface area (Å²) in [5, 5.41) is 0. The summed E-state index contributed by atoms with van der Waals surface area (Å²) in [7, 11) is 0. The minimum Gasteiger partial charge on any atom is -0.496 e. The lowest BCUT2D eigenvalue weighted by Gasteiger charge is -2.09. The molecule has 3 atom stereocenters. The van der Waals surface area contributed by atoms with Gasteiger partial charge in [-0.15, -0.1) is 0 Å².